The van der Waals surface area contributed by atoms with Gasteiger partial charge in [-0.3, -0.25) is 9.36 Å². The molecule has 0 aliphatic heterocycles. The summed E-state index contributed by atoms with van der Waals surface area (Å²) in [4.78, 5) is 16.9. The lowest BCUT2D eigenvalue weighted by molar-refractivity contribution is 0.186. The fourth-order valence-electron chi connectivity index (χ4n) is 2.26. The van der Waals surface area contributed by atoms with Gasteiger partial charge in [-0.05, 0) is 23.6 Å². The first-order valence-electron chi connectivity index (χ1n) is 6.32. The molecule has 2 aromatic rings. The maximum atomic E-state index is 12.5. The van der Waals surface area contributed by atoms with Crippen molar-refractivity contribution in [1.82, 2.24) is 9.55 Å². The maximum absolute atomic E-state index is 12.5. The molecule has 102 valence electrons. The van der Waals surface area contributed by atoms with Gasteiger partial charge in [-0.1, -0.05) is 13.8 Å². The minimum Gasteiger partial charge on any atom is -0.398 e. The van der Waals surface area contributed by atoms with Crippen molar-refractivity contribution in [1.29, 1.82) is 0 Å². The number of nitrogens with zero attached hydrogens (tertiary/aromatic N) is 2. The minimum atomic E-state index is -0.0574. The zero-order chi connectivity index (χ0) is 14.0. The Morgan fingerprint density at radius 3 is 2.79 bits per heavy atom. The average Bonchev–Trinajstić information content (AvgIpc) is 2.38. The number of benzene rings is 1. The van der Waals surface area contributed by atoms with Crippen molar-refractivity contribution in [2.75, 3.05) is 19.5 Å². The molecule has 0 atom stereocenters. The molecule has 2 N–H and O–H groups in total. The second kappa shape index (κ2) is 5.40. The highest BCUT2D eigenvalue weighted by Crippen LogP contribution is 2.27. The van der Waals surface area contributed by atoms with Gasteiger partial charge in [0.1, 0.15) is 0 Å². The van der Waals surface area contributed by atoms with E-state index in [0.717, 1.165) is 5.56 Å². The van der Waals surface area contributed by atoms with Crippen LogP contribution in [0.2, 0.25) is 0 Å². The second-order valence-electron chi connectivity index (χ2n) is 4.85. The number of methoxy groups -OCH3 is 1. The van der Waals surface area contributed by atoms with Gasteiger partial charge in [0.25, 0.3) is 5.56 Å². The molecule has 0 aliphatic carbocycles. The van der Waals surface area contributed by atoms with Crippen LogP contribution < -0.4 is 11.3 Å². The Kier molecular flexibility index (Phi) is 3.85. The summed E-state index contributed by atoms with van der Waals surface area (Å²) in [6.07, 6.45) is 1.56. The molecule has 1 heterocycles. The lowest BCUT2D eigenvalue weighted by atomic mass is 9.97. The van der Waals surface area contributed by atoms with Gasteiger partial charge >= 0.3 is 0 Å². The van der Waals surface area contributed by atoms with Gasteiger partial charge in [0.2, 0.25) is 0 Å². The molecule has 0 unspecified atom stereocenters. The Hall–Kier alpha value is -1.88. The van der Waals surface area contributed by atoms with Crippen molar-refractivity contribution < 1.29 is 4.74 Å². The molecule has 0 aliphatic rings. The van der Waals surface area contributed by atoms with Gasteiger partial charge < -0.3 is 10.5 Å². The van der Waals surface area contributed by atoms with E-state index in [0.29, 0.717) is 29.7 Å². The number of nitrogen functional groups attached to an aromatic ring is 1. The van der Waals surface area contributed by atoms with Crippen LogP contribution in [0.25, 0.3) is 10.9 Å². The Morgan fingerprint density at radius 1 is 1.42 bits per heavy atom. The summed E-state index contributed by atoms with van der Waals surface area (Å²) in [6, 6.07) is 3.60. The van der Waals surface area contributed by atoms with E-state index in [1.807, 2.05) is 19.9 Å². The van der Waals surface area contributed by atoms with Crippen LogP contribution in [0.15, 0.2) is 23.3 Å². The fourth-order valence-corrected chi connectivity index (χ4v) is 2.26. The Morgan fingerprint density at radius 2 is 2.16 bits per heavy atom. The summed E-state index contributed by atoms with van der Waals surface area (Å²) < 4.78 is 6.57. The van der Waals surface area contributed by atoms with Crippen LogP contribution in [0.4, 0.5) is 5.69 Å². The number of fused-ring (bicyclic) bond motifs is 1. The van der Waals surface area contributed by atoms with E-state index in [1.165, 1.54) is 0 Å². The van der Waals surface area contributed by atoms with Crippen LogP contribution in [-0.4, -0.2) is 23.3 Å². The third-order valence-corrected chi connectivity index (χ3v) is 3.18. The summed E-state index contributed by atoms with van der Waals surface area (Å²) >= 11 is 0. The van der Waals surface area contributed by atoms with Crippen LogP contribution in [0.5, 0.6) is 0 Å². The van der Waals surface area contributed by atoms with Crippen molar-refractivity contribution in [3.8, 4) is 0 Å². The highest BCUT2D eigenvalue weighted by Gasteiger charge is 2.14. The van der Waals surface area contributed by atoms with Crippen molar-refractivity contribution in [3.63, 3.8) is 0 Å². The number of rotatable bonds is 4. The van der Waals surface area contributed by atoms with Crippen molar-refractivity contribution in [2.24, 2.45) is 0 Å². The first-order chi connectivity index (χ1) is 9.06. The first kappa shape index (κ1) is 13.5. The topological polar surface area (TPSA) is 70.1 Å². The van der Waals surface area contributed by atoms with E-state index >= 15 is 0 Å². The van der Waals surface area contributed by atoms with E-state index in [9.17, 15) is 4.79 Å². The number of aromatic nitrogens is 2. The number of hydrogen-bond acceptors (Lipinski definition) is 4. The van der Waals surface area contributed by atoms with Crippen LogP contribution in [0.1, 0.15) is 25.3 Å². The van der Waals surface area contributed by atoms with E-state index in [-0.39, 0.29) is 11.5 Å². The summed E-state index contributed by atoms with van der Waals surface area (Å²) in [7, 11) is 1.61. The molecule has 2 rings (SSSR count). The zero-order valence-electron chi connectivity index (χ0n) is 11.5. The van der Waals surface area contributed by atoms with Gasteiger partial charge in [0, 0.05) is 12.8 Å². The molecule has 5 heteroatoms. The number of nitrogens with two attached hydrogens (primary N) is 1. The van der Waals surface area contributed by atoms with Crippen molar-refractivity contribution >= 4 is 16.6 Å². The molecular formula is C14H19N3O2. The largest absolute Gasteiger partial charge is 0.398 e. The van der Waals surface area contributed by atoms with Gasteiger partial charge in [-0.2, -0.15) is 0 Å². The predicted molar refractivity (Wildman–Crippen MR) is 76.4 cm³/mol. The molecule has 0 radical (unpaired) electrons. The van der Waals surface area contributed by atoms with Gasteiger partial charge in [0.05, 0.1) is 30.4 Å². The van der Waals surface area contributed by atoms with E-state index in [4.69, 9.17) is 10.5 Å². The van der Waals surface area contributed by atoms with Gasteiger partial charge in [-0.15, -0.1) is 0 Å². The third-order valence-electron chi connectivity index (χ3n) is 3.18. The molecule has 19 heavy (non-hydrogen) atoms. The van der Waals surface area contributed by atoms with Crippen LogP contribution in [0.3, 0.4) is 0 Å². The quantitative estimate of drug-likeness (QED) is 0.851. The highest BCUT2D eigenvalue weighted by molar-refractivity contribution is 5.86. The van der Waals surface area contributed by atoms with Crippen molar-refractivity contribution in [3.05, 3.63) is 34.4 Å². The summed E-state index contributed by atoms with van der Waals surface area (Å²) in [5.74, 6) is 0.177. The van der Waals surface area contributed by atoms with Crippen LogP contribution in [0, 0.1) is 0 Å². The number of ether oxygens (including phenoxy) is 1. The molecule has 0 saturated carbocycles. The summed E-state index contributed by atoms with van der Waals surface area (Å²) in [5, 5.41) is 0.619. The lowest BCUT2D eigenvalue weighted by Gasteiger charge is -2.14. The molecule has 0 fully saturated rings. The lowest BCUT2D eigenvalue weighted by Crippen LogP contribution is -2.24. The number of hydrogen-bond donors (Lipinski definition) is 1. The summed E-state index contributed by atoms with van der Waals surface area (Å²) in [6.45, 7) is 5.02. The minimum absolute atomic E-state index is 0.0574. The van der Waals surface area contributed by atoms with Crippen molar-refractivity contribution in [2.45, 2.75) is 26.3 Å². The third kappa shape index (κ3) is 2.46. The molecule has 1 aromatic carbocycles. The highest BCUT2D eigenvalue weighted by atomic mass is 16.5. The molecule has 5 nitrogen and oxygen atoms in total. The Bertz CT molecular complexity index is 647. The smallest absolute Gasteiger partial charge is 0.261 e. The van der Waals surface area contributed by atoms with Gasteiger partial charge in [0.15, 0.2) is 0 Å². The Balaban J connectivity index is 2.72. The number of anilines is 1. The van der Waals surface area contributed by atoms with Crippen LogP contribution in [-0.2, 0) is 11.3 Å². The monoisotopic (exact) mass is 261 g/mol. The molecule has 0 amide bonds. The first-order valence-corrected chi connectivity index (χ1v) is 6.32. The van der Waals surface area contributed by atoms with E-state index < -0.39 is 0 Å². The fraction of sp³-hybridized carbons (Fsp3) is 0.429. The molecule has 0 spiro atoms. The normalized spacial score (nSPS) is 11.4. The van der Waals surface area contributed by atoms with E-state index in [2.05, 4.69) is 4.98 Å². The molecule has 1 aromatic heterocycles. The average molecular weight is 261 g/mol. The SMILES string of the molecule is COCCn1cnc2ccc(N)c(C(C)C)c2c1=O. The van der Waals surface area contributed by atoms with Crippen LogP contribution >= 0.6 is 0 Å². The standard InChI is InChI=1S/C14H19N3O2/c1-9(2)12-10(15)4-5-11-13(12)14(18)17(8-16-11)6-7-19-3/h4-5,8-9H,6-7,15H2,1-3H3. The maximum Gasteiger partial charge on any atom is 0.261 e. The molecule has 0 bridgehead atoms. The molecular weight excluding hydrogens is 242 g/mol. The van der Waals surface area contributed by atoms with E-state index in [1.54, 1.807) is 24.1 Å². The molecule has 0 saturated heterocycles. The summed E-state index contributed by atoms with van der Waals surface area (Å²) in [5.41, 5.74) is 8.16. The Labute approximate surface area is 112 Å². The second-order valence-corrected chi connectivity index (χ2v) is 4.85. The van der Waals surface area contributed by atoms with Gasteiger partial charge in [-0.25, -0.2) is 4.98 Å². The zero-order valence-corrected chi connectivity index (χ0v) is 11.5. The predicted octanol–water partition coefficient (Wildman–Crippen LogP) is 1.75.